The summed E-state index contributed by atoms with van der Waals surface area (Å²) in [6.07, 6.45) is 0. The Hall–Kier alpha value is -0.940. The average Bonchev–Trinajstić information content (AvgIpc) is 2.45. The fourth-order valence-electron chi connectivity index (χ4n) is 1.58. The maximum atomic E-state index is 13.3. The molecule has 2 rings (SSSR count). The van der Waals surface area contributed by atoms with Gasteiger partial charge in [-0.3, -0.25) is 0 Å². The van der Waals surface area contributed by atoms with Gasteiger partial charge >= 0.3 is 0 Å². The predicted octanol–water partition coefficient (Wildman–Crippen LogP) is 4.18. The number of H-pyrrole nitrogens is 1. The monoisotopic (exact) mass is 300 g/mol. The van der Waals surface area contributed by atoms with Gasteiger partial charge in [0.15, 0.2) is 4.77 Å². The van der Waals surface area contributed by atoms with Gasteiger partial charge in [-0.2, -0.15) is 0 Å². The Morgan fingerprint density at radius 2 is 2.31 bits per heavy atom. The topological polar surface area (TPSA) is 20.7 Å². The summed E-state index contributed by atoms with van der Waals surface area (Å²) in [7, 11) is 0. The number of benzene rings is 1. The maximum Gasteiger partial charge on any atom is 0.178 e. The molecule has 0 fully saturated rings. The van der Waals surface area contributed by atoms with Crippen molar-refractivity contribution in [1.82, 2.24) is 9.55 Å². The lowest BCUT2D eigenvalue weighted by molar-refractivity contribution is 0.622. The number of halogens is 2. The number of fused-ring (bicyclic) bond motifs is 1. The number of nitrogens with zero attached hydrogens (tertiary/aromatic N) is 1. The van der Waals surface area contributed by atoms with Gasteiger partial charge in [0.25, 0.3) is 0 Å². The van der Waals surface area contributed by atoms with Crippen molar-refractivity contribution < 1.29 is 4.39 Å². The SMILES string of the molecule is C=C(C)Cn1c(=S)[nH]c2cc(F)c(Br)cc21. The van der Waals surface area contributed by atoms with E-state index in [9.17, 15) is 4.39 Å². The van der Waals surface area contributed by atoms with Crippen LogP contribution in [0.4, 0.5) is 4.39 Å². The van der Waals surface area contributed by atoms with E-state index in [2.05, 4.69) is 27.5 Å². The van der Waals surface area contributed by atoms with Crippen LogP contribution in [0.5, 0.6) is 0 Å². The highest BCUT2D eigenvalue weighted by atomic mass is 79.9. The number of allylic oxidation sites excluding steroid dienone is 1. The van der Waals surface area contributed by atoms with Crippen molar-refractivity contribution in [3.63, 3.8) is 0 Å². The summed E-state index contributed by atoms with van der Waals surface area (Å²) in [5.41, 5.74) is 2.57. The van der Waals surface area contributed by atoms with E-state index in [1.807, 2.05) is 11.5 Å². The Morgan fingerprint density at radius 1 is 1.62 bits per heavy atom. The average molecular weight is 301 g/mol. The van der Waals surface area contributed by atoms with Crippen LogP contribution in [0.2, 0.25) is 0 Å². The van der Waals surface area contributed by atoms with Crippen LogP contribution in [0.1, 0.15) is 6.92 Å². The summed E-state index contributed by atoms with van der Waals surface area (Å²) in [4.78, 5) is 2.98. The van der Waals surface area contributed by atoms with E-state index in [1.54, 1.807) is 6.07 Å². The molecule has 0 aliphatic carbocycles. The Bertz CT molecular complexity index is 627. The van der Waals surface area contributed by atoms with Crippen LogP contribution in [0.25, 0.3) is 11.0 Å². The molecule has 0 amide bonds. The zero-order valence-corrected chi connectivity index (χ0v) is 11.1. The lowest BCUT2D eigenvalue weighted by Crippen LogP contribution is -1.98. The molecule has 84 valence electrons. The highest BCUT2D eigenvalue weighted by Gasteiger charge is 2.08. The van der Waals surface area contributed by atoms with Crippen molar-refractivity contribution in [1.29, 1.82) is 0 Å². The molecule has 2 nitrogen and oxygen atoms in total. The van der Waals surface area contributed by atoms with E-state index >= 15 is 0 Å². The summed E-state index contributed by atoms with van der Waals surface area (Å²) >= 11 is 8.35. The molecule has 16 heavy (non-hydrogen) atoms. The van der Waals surface area contributed by atoms with Crippen molar-refractivity contribution in [3.05, 3.63) is 39.3 Å². The van der Waals surface area contributed by atoms with Gasteiger partial charge in [-0.25, -0.2) is 4.39 Å². The van der Waals surface area contributed by atoms with Crippen LogP contribution >= 0.6 is 28.1 Å². The Balaban J connectivity index is 2.74. The molecule has 1 heterocycles. The molecule has 2 aromatic rings. The van der Waals surface area contributed by atoms with Crippen molar-refractivity contribution in [3.8, 4) is 0 Å². The largest absolute Gasteiger partial charge is 0.330 e. The Morgan fingerprint density at radius 3 is 2.94 bits per heavy atom. The van der Waals surface area contributed by atoms with E-state index < -0.39 is 0 Å². The van der Waals surface area contributed by atoms with Crippen LogP contribution in [0.15, 0.2) is 28.8 Å². The molecule has 0 aliphatic rings. The first-order chi connectivity index (χ1) is 7.49. The van der Waals surface area contributed by atoms with Crippen molar-refractivity contribution in [2.45, 2.75) is 13.5 Å². The molecular weight excluding hydrogens is 291 g/mol. The van der Waals surface area contributed by atoms with E-state index in [4.69, 9.17) is 12.2 Å². The van der Waals surface area contributed by atoms with Crippen molar-refractivity contribution >= 4 is 39.2 Å². The summed E-state index contributed by atoms with van der Waals surface area (Å²) in [6, 6.07) is 3.16. The lowest BCUT2D eigenvalue weighted by atomic mass is 10.3. The van der Waals surface area contributed by atoms with E-state index in [0.717, 1.165) is 11.1 Å². The molecule has 1 aromatic heterocycles. The van der Waals surface area contributed by atoms with Gasteiger partial charge in [-0.1, -0.05) is 12.2 Å². The number of imidazole rings is 1. The van der Waals surface area contributed by atoms with Crippen molar-refractivity contribution in [2.24, 2.45) is 0 Å². The fourth-order valence-corrected chi connectivity index (χ4v) is 2.18. The smallest absolute Gasteiger partial charge is 0.178 e. The first-order valence-electron chi connectivity index (χ1n) is 4.71. The molecular formula is C11H10BrFN2S. The summed E-state index contributed by atoms with van der Waals surface area (Å²) in [5, 5.41) is 0. The summed E-state index contributed by atoms with van der Waals surface area (Å²) < 4.78 is 16.2. The summed E-state index contributed by atoms with van der Waals surface area (Å²) in [5.74, 6) is -0.300. The predicted molar refractivity (Wildman–Crippen MR) is 69.6 cm³/mol. The maximum absolute atomic E-state index is 13.3. The molecule has 0 saturated heterocycles. The fraction of sp³-hybridized carbons (Fsp3) is 0.182. The second kappa shape index (κ2) is 4.14. The van der Waals surface area contributed by atoms with Crippen LogP contribution in [-0.4, -0.2) is 9.55 Å². The Kier molecular flexibility index (Phi) is 2.99. The van der Waals surface area contributed by atoms with Gasteiger partial charge < -0.3 is 9.55 Å². The van der Waals surface area contributed by atoms with Gasteiger partial charge in [-0.05, 0) is 41.1 Å². The van der Waals surface area contributed by atoms with Crippen molar-refractivity contribution in [2.75, 3.05) is 0 Å². The minimum Gasteiger partial charge on any atom is -0.330 e. The quantitative estimate of drug-likeness (QED) is 0.652. The number of nitrogens with one attached hydrogen (secondary N) is 1. The van der Waals surface area contributed by atoms with Crippen LogP contribution in [0.3, 0.4) is 0 Å². The third-order valence-electron chi connectivity index (χ3n) is 2.24. The third-order valence-corrected chi connectivity index (χ3v) is 3.17. The zero-order chi connectivity index (χ0) is 11.9. The highest BCUT2D eigenvalue weighted by Crippen LogP contribution is 2.23. The second-order valence-electron chi connectivity index (χ2n) is 3.76. The van der Waals surface area contributed by atoms with Crippen LogP contribution in [0, 0.1) is 10.6 Å². The number of rotatable bonds is 2. The highest BCUT2D eigenvalue weighted by molar-refractivity contribution is 9.10. The number of aromatic nitrogens is 2. The molecule has 0 unspecified atom stereocenters. The van der Waals surface area contributed by atoms with Gasteiger partial charge in [0.1, 0.15) is 5.82 Å². The van der Waals surface area contributed by atoms with Crippen LogP contribution < -0.4 is 0 Å². The normalized spacial score (nSPS) is 10.9. The molecule has 1 N–H and O–H groups in total. The number of hydrogen-bond donors (Lipinski definition) is 1. The zero-order valence-electron chi connectivity index (χ0n) is 8.68. The standard InChI is InChI=1S/C11H10BrFN2S/c1-6(2)5-15-10-3-7(12)8(13)4-9(10)14-11(15)16/h3-4H,1,5H2,2H3,(H,14,16). The number of hydrogen-bond acceptors (Lipinski definition) is 1. The molecule has 5 heteroatoms. The van der Waals surface area contributed by atoms with Gasteiger partial charge in [0.05, 0.1) is 15.5 Å². The first-order valence-corrected chi connectivity index (χ1v) is 5.91. The van der Waals surface area contributed by atoms with E-state index in [1.165, 1.54) is 6.07 Å². The molecule has 0 spiro atoms. The second-order valence-corrected chi connectivity index (χ2v) is 5.00. The molecule has 0 atom stereocenters. The minimum absolute atomic E-state index is 0.300. The van der Waals surface area contributed by atoms with Gasteiger partial charge in [-0.15, -0.1) is 0 Å². The molecule has 0 radical (unpaired) electrons. The first kappa shape index (κ1) is 11.5. The minimum atomic E-state index is -0.300. The summed E-state index contributed by atoms with van der Waals surface area (Å²) in [6.45, 7) is 6.42. The van der Waals surface area contributed by atoms with Gasteiger partial charge in [0.2, 0.25) is 0 Å². The third kappa shape index (κ3) is 1.97. The molecule has 0 bridgehead atoms. The molecule has 1 aromatic carbocycles. The number of aromatic amines is 1. The molecule has 0 saturated carbocycles. The van der Waals surface area contributed by atoms with Gasteiger partial charge in [0, 0.05) is 12.6 Å². The lowest BCUT2D eigenvalue weighted by Gasteiger charge is -2.04. The Labute approximate surface area is 106 Å². The van der Waals surface area contributed by atoms with E-state index in [-0.39, 0.29) is 5.82 Å². The van der Waals surface area contributed by atoms with Crippen LogP contribution in [-0.2, 0) is 6.54 Å². The van der Waals surface area contributed by atoms with E-state index in [0.29, 0.717) is 21.3 Å². The molecule has 0 aliphatic heterocycles.